The molecule has 0 aliphatic heterocycles. The number of aryl methyl sites for hydroxylation is 2. The van der Waals surface area contributed by atoms with Crippen molar-refractivity contribution in [1.29, 1.82) is 5.26 Å². The van der Waals surface area contributed by atoms with Gasteiger partial charge in [-0.1, -0.05) is 69.7 Å². The maximum absolute atomic E-state index is 14.7. The van der Waals surface area contributed by atoms with Gasteiger partial charge in [-0.15, -0.1) is 0 Å². The Labute approximate surface area is 182 Å². The molecule has 2 heteroatoms. The summed E-state index contributed by atoms with van der Waals surface area (Å²) in [6, 6.07) is 15.7. The Balaban J connectivity index is 1.45. The van der Waals surface area contributed by atoms with Crippen molar-refractivity contribution in [3.63, 3.8) is 0 Å². The van der Waals surface area contributed by atoms with E-state index in [4.69, 9.17) is 5.26 Å². The summed E-state index contributed by atoms with van der Waals surface area (Å²) in [7, 11) is 0. The van der Waals surface area contributed by atoms with Gasteiger partial charge in [0.1, 0.15) is 5.82 Å². The van der Waals surface area contributed by atoms with Crippen molar-refractivity contribution in [2.24, 2.45) is 5.92 Å². The Bertz CT molecular complexity index is 810. The van der Waals surface area contributed by atoms with Gasteiger partial charge in [-0.25, -0.2) is 4.39 Å². The number of benzene rings is 2. The monoisotopic (exact) mass is 405 g/mol. The molecule has 0 atom stereocenters. The lowest BCUT2D eigenvalue weighted by Gasteiger charge is -2.29. The Morgan fingerprint density at radius 1 is 0.900 bits per heavy atom. The topological polar surface area (TPSA) is 23.8 Å². The van der Waals surface area contributed by atoms with Crippen molar-refractivity contribution in [3.8, 4) is 6.07 Å². The first-order valence-electron chi connectivity index (χ1n) is 12.0. The van der Waals surface area contributed by atoms with E-state index in [0.29, 0.717) is 17.9 Å². The van der Waals surface area contributed by atoms with E-state index in [1.807, 2.05) is 30.3 Å². The van der Waals surface area contributed by atoms with Crippen LogP contribution in [0.3, 0.4) is 0 Å². The molecule has 0 N–H and O–H groups in total. The highest BCUT2D eigenvalue weighted by atomic mass is 19.1. The van der Waals surface area contributed by atoms with E-state index in [9.17, 15) is 4.39 Å². The third-order valence-corrected chi connectivity index (χ3v) is 6.88. The number of hydrogen-bond donors (Lipinski definition) is 0. The van der Waals surface area contributed by atoms with Crippen LogP contribution < -0.4 is 0 Å². The molecule has 2 aromatic carbocycles. The lowest BCUT2D eigenvalue weighted by Crippen LogP contribution is -2.13. The molecular weight excluding hydrogens is 369 g/mol. The number of rotatable bonds is 10. The van der Waals surface area contributed by atoms with Crippen LogP contribution in [0.2, 0.25) is 0 Å². The Kier molecular flexibility index (Phi) is 8.94. The summed E-state index contributed by atoms with van der Waals surface area (Å²) in [6.07, 6.45) is 14.8. The number of nitrogens with zero attached hydrogens (tertiary/aromatic N) is 1. The molecule has 0 aromatic heterocycles. The molecule has 0 saturated heterocycles. The van der Waals surface area contributed by atoms with Crippen LogP contribution in [-0.4, -0.2) is 0 Å². The fraction of sp³-hybridized carbons (Fsp3) is 0.536. The van der Waals surface area contributed by atoms with Gasteiger partial charge in [-0.3, -0.25) is 0 Å². The quantitative estimate of drug-likeness (QED) is 0.366. The van der Waals surface area contributed by atoms with Gasteiger partial charge < -0.3 is 0 Å². The van der Waals surface area contributed by atoms with Crippen molar-refractivity contribution in [2.75, 3.05) is 0 Å². The fourth-order valence-electron chi connectivity index (χ4n) is 4.87. The normalized spacial score (nSPS) is 18.8. The van der Waals surface area contributed by atoms with Gasteiger partial charge in [-0.2, -0.15) is 5.26 Å². The van der Waals surface area contributed by atoms with Crippen LogP contribution in [0.15, 0.2) is 42.5 Å². The number of halogens is 1. The van der Waals surface area contributed by atoms with E-state index in [1.165, 1.54) is 69.8 Å². The highest BCUT2D eigenvalue weighted by Gasteiger charge is 2.22. The van der Waals surface area contributed by atoms with E-state index < -0.39 is 0 Å². The van der Waals surface area contributed by atoms with Crippen molar-refractivity contribution >= 4 is 0 Å². The SMILES string of the molecule is CCCCCCCC1CCC(c2ccc(CCc3ccc(C#N)cc3)c(F)c2)CC1. The molecule has 1 saturated carbocycles. The van der Waals surface area contributed by atoms with Crippen LogP contribution in [-0.2, 0) is 12.8 Å². The average Bonchev–Trinajstić information content (AvgIpc) is 2.79. The molecule has 0 unspecified atom stereocenters. The third kappa shape index (κ3) is 6.69. The first-order chi connectivity index (χ1) is 14.7. The van der Waals surface area contributed by atoms with E-state index in [1.54, 1.807) is 6.07 Å². The van der Waals surface area contributed by atoms with Gasteiger partial charge in [0, 0.05) is 0 Å². The molecule has 1 aliphatic carbocycles. The molecule has 2 aromatic rings. The molecular formula is C28H36FN. The highest BCUT2D eigenvalue weighted by Crippen LogP contribution is 2.38. The van der Waals surface area contributed by atoms with Crippen molar-refractivity contribution in [2.45, 2.75) is 89.9 Å². The van der Waals surface area contributed by atoms with E-state index in [0.717, 1.165) is 23.5 Å². The van der Waals surface area contributed by atoms with Crippen LogP contribution in [0, 0.1) is 23.1 Å². The molecule has 30 heavy (non-hydrogen) atoms. The zero-order valence-electron chi connectivity index (χ0n) is 18.5. The Hall–Kier alpha value is -2.14. The minimum absolute atomic E-state index is 0.0563. The standard InChI is InChI=1S/C28H36FN/c1-2-3-4-5-6-7-22-12-15-25(16-13-22)27-19-18-26(28(29)20-27)17-14-23-8-10-24(21-30)11-9-23/h8-11,18-20,22,25H,2-7,12-17H2,1H3. The summed E-state index contributed by atoms with van der Waals surface area (Å²) in [5.41, 5.74) is 3.80. The van der Waals surface area contributed by atoms with Crippen LogP contribution in [0.4, 0.5) is 4.39 Å². The van der Waals surface area contributed by atoms with Crippen molar-refractivity contribution in [1.82, 2.24) is 0 Å². The second-order valence-electron chi connectivity index (χ2n) is 9.08. The van der Waals surface area contributed by atoms with Crippen LogP contribution in [0.25, 0.3) is 0 Å². The first-order valence-corrected chi connectivity index (χ1v) is 12.0. The van der Waals surface area contributed by atoms with Gasteiger partial charge in [0.25, 0.3) is 0 Å². The molecule has 0 amide bonds. The van der Waals surface area contributed by atoms with E-state index in [-0.39, 0.29) is 5.82 Å². The molecule has 160 valence electrons. The van der Waals surface area contributed by atoms with Gasteiger partial charge in [0.2, 0.25) is 0 Å². The molecule has 0 radical (unpaired) electrons. The fourth-order valence-corrected chi connectivity index (χ4v) is 4.87. The van der Waals surface area contributed by atoms with Crippen LogP contribution in [0.1, 0.15) is 99.3 Å². The van der Waals surface area contributed by atoms with E-state index >= 15 is 0 Å². The summed E-state index contributed by atoms with van der Waals surface area (Å²) in [6.45, 7) is 2.27. The van der Waals surface area contributed by atoms with Gasteiger partial charge >= 0.3 is 0 Å². The zero-order chi connectivity index (χ0) is 21.2. The third-order valence-electron chi connectivity index (χ3n) is 6.88. The maximum atomic E-state index is 14.7. The largest absolute Gasteiger partial charge is 0.207 e. The van der Waals surface area contributed by atoms with Crippen molar-refractivity contribution in [3.05, 3.63) is 70.5 Å². The minimum Gasteiger partial charge on any atom is -0.207 e. The lowest BCUT2D eigenvalue weighted by molar-refractivity contribution is 0.301. The molecule has 0 bridgehead atoms. The molecule has 1 aliphatic rings. The lowest BCUT2D eigenvalue weighted by atomic mass is 9.77. The van der Waals surface area contributed by atoms with E-state index in [2.05, 4.69) is 19.1 Å². The van der Waals surface area contributed by atoms with Gasteiger partial charge in [0.15, 0.2) is 0 Å². The molecule has 3 rings (SSSR count). The van der Waals surface area contributed by atoms with Gasteiger partial charge in [-0.05, 0) is 85.3 Å². The minimum atomic E-state index is -0.0563. The number of unbranched alkanes of at least 4 members (excludes halogenated alkanes) is 4. The second-order valence-corrected chi connectivity index (χ2v) is 9.08. The highest BCUT2D eigenvalue weighted by molar-refractivity contribution is 5.33. The van der Waals surface area contributed by atoms with Gasteiger partial charge in [0.05, 0.1) is 11.6 Å². The molecule has 0 heterocycles. The summed E-state index contributed by atoms with van der Waals surface area (Å²) >= 11 is 0. The predicted octanol–water partition coefficient (Wildman–Crippen LogP) is 8.12. The summed E-state index contributed by atoms with van der Waals surface area (Å²) in [5.74, 6) is 1.36. The number of nitriles is 1. The summed E-state index contributed by atoms with van der Waals surface area (Å²) < 4.78 is 14.7. The second kappa shape index (κ2) is 11.9. The average molecular weight is 406 g/mol. The Morgan fingerprint density at radius 2 is 1.63 bits per heavy atom. The zero-order valence-corrected chi connectivity index (χ0v) is 18.5. The first kappa shape index (κ1) is 22.5. The van der Waals surface area contributed by atoms with Crippen LogP contribution in [0.5, 0.6) is 0 Å². The predicted molar refractivity (Wildman–Crippen MR) is 123 cm³/mol. The number of hydrogen-bond acceptors (Lipinski definition) is 1. The molecule has 1 nitrogen and oxygen atoms in total. The molecule has 0 spiro atoms. The molecule has 1 fully saturated rings. The summed E-state index contributed by atoms with van der Waals surface area (Å²) in [5, 5.41) is 8.89. The summed E-state index contributed by atoms with van der Waals surface area (Å²) in [4.78, 5) is 0. The maximum Gasteiger partial charge on any atom is 0.126 e. The van der Waals surface area contributed by atoms with Crippen molar-refractivity contribution < 1.29 is 4.39 Å². The Morgan fingerprint density at radius 3 is 2.30 bits per heavy atom. The smallest absolute Gasteiger partial charge is 0.126 e. The van der Waals surface area contributed by atoms with Crippen LogP contribution >= 0.6 is 0 Å².